The number of hydrogen-bond acceptors (Lipinski definition) is 0. The van der Waals surface area contributed by atoms with Crippen LogP contribution < -0.4 is 0 Å². The molecule has 0 aliphatic heterocycles. The van der Waals surface area contributed by atoms with Crippen molar-refractivity contribution in [1.82, 2.24) is 0 Å². The molecule has 0 heterocycles. The van der Waals surface area contributed by atoms with Crippen LogP contribution >= 0.6 is 0 Å². The van der Waals surface area contributed by atoms with Crippen LogP contribution in [0.1, 0.15) is 68.4 Å². The number of halogens is 6. The number of alkyl halides is 6. The summed E-state index contributed by atoms with van der Waals surface area (Å²) in [4.78, 5) is 0. The van der Waals surface area contributed by atoms with Crippen molar-refractivity contribution in [2.45, 2.75) is 58.3 Å². The molecule has 0 atom stereocenters. The summed E-state index contributed by atoms with van der Waals surface area (Å²) in [6, 6.07) is 5.52. The predicted octanol–water partition coefficient (Wildman–Crippen LogP) is 8.44. The lowest BCUT2D eigenvalue weighted by atomic mass is 9.78. The summed E-state index contributed by atoms with van der Waals surface area (Å²) in [7, 11) is 0. The van der Waals surface area contributed by atoms with Crippen LogP contribution in [0.2, 0.25) is 0 Å². The van der Waals surface area contributed by atoms with Crippen LogP contribution in [0.25, 0.3) is 17.2 Å². The lowest BCUT2D eigenvalue weighted by molar-refractivity contribution is -0.143. The van der Waals surface area contributed by atoms with Crippen LogP contribution in [0.15, 0.2) is 35.9 Å². The van der Waals surface area contributed by atoms with E-state index in [-0.39, 0.29) is 11.6 Å². The topological polar surface area (TPSA) is 0 Å². The molecule has 3 rings (SSSR count). The second kappa shape index (κ2) is 7.47. The van der Waals surface area contributed by atoms with E-state index in [9.17, 15) is 26.3 Å². The van der Waals surface area contributed by atoms with Crippen LogP contribution in [0.3, 0.4) is 0 Å². The van der Waals surface area contributed by atoms with Gasteiger partial charge in [0.25, 0.3) is 0 Å². The summed E-state index contributed by atoms with van der Waals surface area (Å²) in [5, 5.41) is 0. The van der Waals surface area contributed by atoms with Crippen molar-refractivity contribution in [3.05, 3.63) is 70.1 Å². The molecule has 0 saturated carbocycles. The van der Waals surface area contributed by atoms with Crippen molar-refractivity contribution >= 4 is 6.08 Å². The lowest BCUT2D eigenvalue weighted by Gasteiger charge is -2.26. The zero-order chi connectivity index (χ0) is 22.5. The Morgan fingerprint density at radius 3 is 1.83 bits per heavy atom. The van der Waals surface area contributed by atoms with Gasteiger partial charge < -0.3 is 0 Å². The molecule has 2 aromatic carbocycles. The third-order valence-electron chi connectivity index (χ3n) is 5.17. The maximum Gasteiger partial charge on any atom is 0.416 e. The molecule has 0 amide bonds. The minimum Gasteiger partial charge on any atom is -0.166 e. The average molecular weight is 425 g/mol. The Labute approximate surface area is 172 Å². The van der Waals surface area contributed by atoms with E-state index in [1.54, 1.807) is 6.07 Å². The Morgan fingerprint density at radius 2 is 1.37 bits per heavy atom. The number of hydrogen-bond donors (Lipinski definition) is 0. The molecule has 0 saturated heterocycles. The Morgan fingerprint density at radius 1 is 0.800 bits per heavy atom. The Bertz CT molecular complexity index is 952. The fourth-order valence-electron chi connectivity index (χ4n) is 3.81. The fourth-order valence-corrected chi connectivity index (χ4v) is 3.81. The maximum absolute atomic E-state index is 13.4. The van der Waals surface area contributed by atoms with Gasteiger partial charge in [-0.1, -0.05) is 57.9 Å². The zero-order valence-corrected chi connectivity index (χ0v) is 17.2. The van der Waals surface area contributed by atoms with Crippen molar-refractivity contribution in [1.29, 1.82) is 0 Å². The molecule has 0 nitrogen and oxygen atoms in total. The van der Waals surface area contributed by atoms with E-state index in [1.165, 1.54) is 0 Å². The summed E-state index contributed by atoms with van der Waals surface area (Å²) in [6.45, 7) is 7.70. The third-order valence-corrected chi connectivity index (χ3v) is 5.17. The second-order valence-corrected chi connectivity index (χ2v) is 8.65. The molecule has 30 heavy (non-hydrogen) atoms. The van der Waals surface area contributed by atoms with E-state index in [4.69, 9.17) is 0 Å². The molecule has 6 heteroatoms. The van der Waals surface area contributed by atoms with Gasteiger partial charge in [-0.3, -0.25) is 0 Å². The first kappa shape index (κ1) is 22.4. The summed E-state index contributed by atoms with van der Waals surface area (Å²) < 4.78 is 80.6. The van der Waals surface area contributed by atoms with E-state index in [1.807, 2.05) is 46.3 Å². The molecule has 0 unspecified atom stereocenters. The quantitative estimate of drug-likeness (QED) is 0.433. The molecule has 0 N–H and O–H groups in total. The van der Waals surface area contributed by atoms with Crippen molar-refractivity contribution < 1.29 is 26.3 Å². The highest BCUT2D eigenvalue weighted by Gasteiger charge is 2.38. The molecule has 0 bridgehead atoms. The van der Waals surface area contributed by atoms with Crippen LogP contribution in [0.5, 0.6) is 0 Å². The van der Waals surface area contributed by atoms with Gasteiger partial charge in [0.15, 0.2) is 0 Å². The van der Waals surface area contributed by atoms with Gasteiger partial charge >= 0.3 is 12.4 Å². The third kappa shape index (κ3) is 4.42. The molecule has 0 fully saturated rings. The van der Waals surface area contributed by atoms with Crippen LogP contribution in [-0.2, 0) is 17.8 Å². The van der Waals surface area contributed by atoms with Gasteiger partial charge in [-0.15, -0.1) is 0 Å². The van der Waals surface area contributed by atoms with Crippen LogP contribution in [0, 0.1) is 6.42 Å². The van der Waals surface area contributed by atoms with Gasteiger partial charge in [0.2, 0.25) is 0 Å². The van der Waals surface area contributed by atoms with Gasteiger partial charge in [0.1, 0.15) is 0 Å². The first-order valence-electron chi connectivity index (χ1n) is 9.74. The van der Waals surface area contributed by atoms with E-state index < -0.39 is 28.9 Å². The Kier molecular flexibility index (Phi) is 5.59. The minimum atomic E-state index is -4.88. The first-order valence-corrected chi connectivity index (χ1v) is 9.74. The van der Waals surface area contributed by atoms with Crippen molar-refractivity contribution in [2.24, 2.45) is 0 Å². The van der Waals surface area contributed by atoms with E-state index in [0.717, 1.165) is 36.1 Å². The van der Waals surface area contributed by atoms with E-state index in [0.29, 0.717) is 16.7 Å². The summed E-state index contributed by atoms with van der Waals surface area (Å²) in [5.74, 6) is 0. The largest absolute Gasteiger partial charge is 0.416 e. The molecule has 1 radical (unpaired) electrons. The van der Waals surface area contributed by atoms with E-state index >= 15 is 0 Å². The SMILES string of the molecule is CCCC1=Cc2c(ccc(C(C)(C)C)c2-c2cc(C(F)(F)F)cc(C(F)(F)F)c2)[CH]1. The predicted molar refractivity (Wildman–Crippen MR) is 107 cm³/mol. The number of fused-ring (bicyclic) bond motifs is 1. The lowest BCUT2D eigenvalue weighted by Crippen LogP contribution is -2.15. The fraction of sp³-hybridized carbons (Fsp3) is 0.375. The summed E-state index contributed by atoms with van der Waals surface area (Å²) >= 11 is 0. The molecule has 1 aliphatic rings. The molecule has 0 aromatic heterocycles. The van der Waals surface area contributed by atoms with Gasteiger partial charge in [0.05, 0.1) is 11.1 Å². The number of benzene rings is 2. The van der Waals surface area contributed by atoms with Gasteiger partial charge in [0, 0.05) is 6.42 Å². The standard InChI is InChI=1S/C24H23F6/c1-5-6-14-9-15-7-8-20(22(2,3)4)21(19(15)10-14)16-11-17(23(25,26)27)13-18(12-16)24(28,29)30/h7-13H,5-6H2,1-4H3. The normalized spacial score (nSPS) is 14.7. The van der Waals surface area contributed by atoms with Crippen molar-refractivity contribution in [3.8, 4) is 11.1 Å². The highest BCUT2D eigenvalue weighted by atomic mass is 19.4. The molecule has 1 aliphatic carbocycles. The molecular formula is C24H23F6. The molecule has 161 valence electrons. The maximum atomic E-state index is 13.4. The van der Waals surface area contributed by atoms with Gasteiger partial charge in [-0.05, 0) is 57.9 Å². The van der Waals surface area contributed by atoms with Crippen molar-refractivity contribution in [2.75, 3.05) is 0 Å². The number of rotatable bonds is 3. The molecule has 0 spiro atoms. The Hall–Kier alpha value is -2.24. The Balaban J connectivity index is 2.36. The molecule has 2 aromatic rings. The van der Waals surface area contributed by atoms with Crippen molar-refractivity contribution in [3.63, 3.8) is 0 Å². The van der Waals surface area contributed by atoms with Crippen LogP contribution in [-0.4, -0.2) is 0 Å². The summed E-state index contributed by atoms with van der Waals surface area (Å²) in [6.07, 6.45) is -4.25. The summed E-state index contributed by atoms with van der Waals surface area (Å²) in [5.41, 5.74) is 0.497. The monoisotopic (exact) mass is 425 g/mol. The van der Waals surface area contributed by atoms with E-state index in [2.05, 4.69) is 0 Å². The minimum absolute atomic E-state index is 0.0682. The average Bonchev–Trinajstić information content (AvgIpc) is 3.01. The molecular weight excluding hydrogens is 402 g/mol. The highest BCUT2D eigenvalue weighted by molar-refractivity contribution is 5.86. The number of allylic oxidation sites excluding steroid dienone is 1. The van der Waals surface area contributed by atoms with Gasteiger partial charge in [-0.2, -0.15) is 26.3 Å². The van der Waals surface area contributed by atoms with Crippen LogP contribution in [0.4, 0.5) is 26.3 Å². The van der Waals surface area contributed by atoms with Gasteiger partial charge in [-0.25, -0.2) is 0 Å². The smallest absolute Gasteiger partial charge is 0.166 e. The zero-order valence-electron chi connectivity index (χ0n) is 17.2. The first-order chi connectivity index (χ1) is 13.7. The highest BCUT2D eigenvalue weighted by Crippen LogP contribution is 2.45. The second-order valence-electron chi connectivity index (χ2n) is 8.65.